The van der Waals surface area contributed by atoms with Crippen molar-refractivity contribution in [3.05, 3.63) is 47.3 Å². The fourth-order valence-corrected chi connectivity index (χ4v) is 3.29. The Balaban J connectivity index is 1.41. The first-order chi connectivity index (χ1) is 14.4. The Morgan fingerprint density at radius 2 is 1.87 bits per heavy atom. The molecule has 1 aliphatic heterocycles. The molecule has 1 saturated heterocycles. The van der Waals surface area contributed by atoms with Gasteiger partial charge in [0.1, 0.15) is 5.75 Å². The van der Waals surface area contributed by atoms with E-state index in [2.05, 4.69) is 20.0 Å². The Morgan fingerprint density at radius 3 is 2.50 bits per heavy atom. The second-order valence-corrected chi connectivity index (χ2v) is 7.29. The van der Waals surface area contributed by atoms with Crippen molar-refractivity contribution in [2.45, 2.75) is 31.7 Å². The Bertz CT molecular complexity index is 895. The summed E-state index contributed by atoms with van der Waals surface area (Å²) < 4.78 is 47.2. The molecule has 0 spiro atoms. The van der Waals surface area contributed by atoms with Gasteiger partial charge in [-0.05, 0) is 42.0 Å². The number of anilines is 1. The highest BCUT2D eigenvalue weighted by atomic mass is 19.4. The van der Waals surface area contributed by atoms with E-state index in [1.54, 1.807) is 4.90 Å². The summed E-state index contributed by atoms with van der Waals surface area (Å²) in [5.41, 5.74) is 1.84. The second kappa shape index (κ2) is 8.47. The average molecular weight is 422 g/mol. The van der Waals surface area contributed by atoms with E-state index in [9.17, 15) is 18.0 Å². The quantitative estimate of drug-likeness (QED) is 0.770. The molecule has 2 heterocycles. The zero-order valence-electron chi connectivity index (χ0n) is 16.1. The number of nitrogens with zero attached hydrogens (tertiary/aromatic N) is 3. The third-order valence-electron chi connectivity index (χ3n) is 4.92. The molecule has 1 N–H and O–H groups in total. The molecule has 1 aliphatic carbocycles. The van der Waals surface area contributed by atoms with Gasteiger partial charge >= 0.3 is 6.36 Å². The summed E-state index contributed by atoms with van der Waals surface area (Å²) in [6, 6.07) is 4.66. The third-order valence-corrected chi connectivity index (χ3v) is 4.92. The molecule has 1 aromatic carbocycles. The number of ether oxygens (including phenoxy) is 2. The van der Waals surface area contributed by atoms with Crippen LogP contribution in [0.25, 0.3) is 0 Å². The minimum Gasteiger partial charge on any atom is -0.406 e. The van der Waals surface area contributed by atoms with Gasteiger partial charge in [-0.3, -0.25) is 4.79 Å². The van der Waals surface area contributed by atoms with Gasteiger partial charge in [0.05, 0.1) is 18.8 Å². The fourth-order valence-electron chi connectivity index (χ4n) is 3.29. The topological polar surface area (TPSA) is 76.6 Å². The largest absolute Gasteiger partial charge is 0.573 e. The molecule has 0 atom stereocenters. The van der Waals surface area contributed by atoms with Gasteiger partial charge < -0.3 is 19.7 Å². The average Bonchev–Trinajstić information content (AvgIpc) is 3.57. The van der Waals surface area contributed by atoms with E-state index in [-0.39, 0.29) is 30.1 Å². The van der Waals surface area contributed by atoms with E-state index in [4.69, 9.17) is 4.74 Å². The Hall–Kier alpha value is -2.88. The Morgan fingerprint density at radius 1 is 1.17 bits per heavy atom. The van der Waals surface area contributed by atoms with E-state index in [0.717, 1.165) is 18.4 Å². The Labute approximate surface area is 171 Å². The molecule has 1 aromatic heterocycles. The number of carbonyl (C=O) groups excluding carboxylic acids is 1. The van der Waals surface area contributed by atoms with Crippen molar-refractivity contribution >= 4 is 11.9 Å². The van der Waals surface area contributed by atoms with Crippen LogP contribution in [0, 0.1) is 0 Å². The van der Waals surface area contributed by atoms with Crippen molar-refractivity contribution in [2.24, 2.45) is 0 Å². The number of morpholine rings is 1. The number of nitrogens with one attached hydrogen (secondary N) is 1. The minimum absolute atomic E-state index is 0.157. The maximum absolute atomic E-state index is 12.6. The summed E-state index contributed by atoms with van der Waals surface area (Å²) in [4.78, 5) is 22.4. The summed E-state index contributed by atoms with van der Waals surface area (Å²) in [5, 5.41) is 2.98. The third kappa shape index (κ3) is 5.38. The maximum Gasteiger partial charge on any atom is 0.573 e. The predicted molar refractivity (Wildman–Crippen MR) is 101 cm³/mol. The highest BCUT2D eigenvalue weighted by Gasteiger charge is 2.32. The van der Waals surface area contributed by atoms with E-state index < -0.39 is 6.36 Å². The molecular weight excluding hydrogens is 401 g/mol. The van der Waals surface area contributed by atoms with E-state index in [1.165, 1.54) is 24.5 Å². The SMILES string of the molecule is O=C(c1cnc(NCc2cc(OC(F)(F)F)cc(C3CC3)c2)nc1)N1CCOCC1. The number of hydrogen-bond acceptors (Lipinski definition) is 6. The van der Waals surface area contributed by atoms with Crippen molar-refractivity contribution in [3.8, 4) is 5.75 Å². The second-order valence-electron chi connectivity index (χ2n) is 7.29. The van der Waals surface area contributed by atoms with Crippen LogP contribution in [-0.4, -0.2) is 53.4 Å². The summed E-state index contributed by atoms with van der Waals surface area (Å²) >= 11 is 0. The van der Waals surface area contributed by atoms with Gasteiger partial charge in [0, 0.05) is 32.0 Å². The molecule has 2 aromatic rings. The number of carbonyl (C=O) groups is 1. The zero-order chi connectivity index (χ0) is 21.1. The number of amides is 1. The van der Waals surface area contributed by atoms with E-state index >= 15 is 0 Å². The van der Waals surface area contributed by atoms with Gasteiger partial charge in [0.2, 0.25) is 5.95 Å². The molecular formula is C20H21F3N4O3. The van der Waals surface area contributed by atoms with Crippen molar-refractivity contribution in [1.82, 2.24) is 14.9 Å². The molecule has 7 nitrogen and oxygen atoms in total. The molecule has 4 rings (SSSR count). The summed E-state index contributed by atoms with van der Waals surface area (Å²) in [6.07, 6.45) is 0.0604. The predicted octanol–water partition coefficient (Wildman–Crippen LogP) is 3.34. The van der Waals surface area contributed by atoms with Crippen LogP contribution in [-0.2, 0) is 11.3 Å². The first-order valence-corrected chi connectivity index (χ1v) is 9.70. The minimum atomic E-state index is -4.74. The van der Waals surface area contributed by atoms with Crippen LogP contribution in [0.2, 0.25) is 0 Å². The number of rotatable bonds is 6. The number of hydrogen-bond donors (Lipinski definition) is 1. The lowest BCUT2D eigenvalue weighted by Gasteiger charge is -2.26. The first-order valence-electron chi connectivity index (χ1n) is 9.70. The van der Waals surface area contributed by atoms with Gasteiger partial charge in [-0.2, -0.15) is 0 Å². The maximum atomic E-state index is 12.6. The van der Waals surface area contributed by atoms with Gasteiger partial charge in [0.15, 0.2) is 0 Å². The van der Waals surface area contributed by atoms with Gasteiger partial charge in [-0.1, -0.05) is 6.07 Å². The summed E-state index contributed by atoms with van der Waals surface area (Å²) in [5.74, 6) is 0.179. The Kier molecular flexibility index (Phi) is 5.76. The van der Waals surface area contributed by atoms with Gasteiger partial charge in [0.25, 0.3) is 5.91 Å². The highest BCUT2D eigenvalue weighted by Crippen LogP contribution is 2.42. The normalized spacial score (nSPS) is 17.0. The number of benzene rings is 1. The molecule has 0 radical (unpaired) electrons. The molecule has 0 bridgehead atoms. The summed E-state index contributed by atoms with van der Waals surface area (Å²) in [6.45, 7) is 2.29. The lowest BCUT2D eigenvalue weighted by Crippen LogP contribution is -2.40. The molecule has 30 heavy (non-hydrogen) atoms. The van der Waals surface area contributed by atoms with E-state index in [1.807, 2.05) is 6.07 Å². The smallest absolute Gasteiger partial charge is 0.406 e. The lowest BCUT2D eigenvalue weighted by molar-refractivity contribution is -0.274. The number of halogens is 3. The zero-order valence-corrected chi connectivity index (χ0v) is 16.1. The van der Waals surface area contributed by atoms with E-state index in [0.29, 0.717) is 37.4 Å². The molecule has 1 amide bonds. The van der Waals surface area contributed by atoms with Crippen molar-refractivity contribution in [3.63, 3.8) is 0 Å². The van der Waals surface area contributed by atoms with Crippen LogP contribution < -0.4 is 10.1 Å². The fraction of sp³-hybridized carbons (Fsp3) is 0.450. The van der Waals surface area contributed by atoms with Crippen LogP contribution in [0.5, 0.6) is 5.75 Å². The first kappa shape index (κ1) is 20.4. The van der Waals surface area contributed by atoms with Crippen molar-refractivity contribution < 1.29 is 27.4 Å². The van der Waals surface area contributed by atoms with Crippen LogP contribution in [0.4, 0.5) is 19.1 Å². The van der Waals surface area contributed by atoms with Crippen LogP contribution in [0.15, 0.2) is 30.6 Å². The molecule has 2 aliphatic rings. The van der Waals surface area contributed by atoms with Crippen LogP contribution in [0.3, 0.4) is 0 Å². The standard InChI is InChI=1S/C20H21F3N4O3/c21-20(22,23)30-17-8-13(7-15(9-17)14-1-2-14)10-24-19-25-11-16(12-26-19)18(28)27-3-5-29-6-4-27/h7-9,11-12,14H,1-6,10H2,(H,24,25,26). The lowest BCUT2D eigenvalue weighted by atomic mass is 10.1. The highest BCUT2D eigenvalue weighted by molar-refractivity contribution is 5.93. The van der Waals surface area contributed by atoms with Crippen molar-refractivity contribution in [2.75, 3.05) is 31.6 Å². The number of alkyl halides is 3. The van der Waals surface area contributed by atoms with Crippen LogP contribution in [0.1, 0.15) is 40.2 Å². The molecule has 160 valence electrons. The summed E-state index contributed by atoms with van der Waals surface area (Å²) in [7, 11) is 0. The molecule has 2 fully saturated rings. The van der Waals surface area contributed by atoms with Crippen molar-refractivity contribution in [1.29, 1.82) is 0 Å². The molecule has 1 saturated carbocycles. The van der Waals surface area contributed by atoms with Gasteiger partial charge in [-0.15, -0.1) is 13.2 Å². The number of aromatic nitrogens is 2. The monoisotopic (exact) mass is 422 g/mol. The molecule has 10 heteroatoms. The molecule has 0 unspecified atom stereocenters. The van der Waals surface area contributed by atoms with Gasteiger partial charge in [-0.25, -0.2) is 9.97 Å². The van der Waals surface area contributed by atoms with Crippen LogP contribution >= 0.6 is 0 Å².